The van der Waals surface area contributed by atoms with Crippen LogP contribution in [0.2, 0.25) is 0 Å². The van der Waals surface area contributed by atoms with E-state index in [-0.39, 0.29) is 11.8 Å². The number of ether oxygens (including phenoxy) is 3. The molecule has 2 N–H and O–H groups in total. The summed E-state index contributed by atoms with van der Waals surface area (Å²) in [5.41, 5.74) is 2.72. The number of carbonyl (C=O) groups is 2. The van der Waals surface area contributed by atoms with Gasteiger partial charge < -0.3 is 24.8 Å². The van der Waals surface area contributed by atoms with Crippen LogP contribution in [0.15, 0.2) is 18.2 Å². The van der Waals surface area contributed by atoms with Crippen LogP contribution in [0.5, 0.6) is 11.5 Å². The van der Waals surface area contributed by atoms with Crippen LogP contribution >= 0.6 is 11.3 Å². The number of hydrogen-bond acceptors (Lipinski definition) is 6. The first kappa shape index (κ1) is 24.1. The first-order chi connectivity index (χ1) is 15.6. The zero-order valence-corrected chi connectivity index (χ0v) is 19.9. The molecule has 1 aliphatic carbocycles. The number of hydrogen-bond donors (Lipinski definition) is 2. The first-order valence-corrected chi connectivity index (χ1v) is 11.8. The predicted molar refractivity (Wildman–Crippen MR) is 126 cm³/mol. The summed E-state index contributed by atoms with van der Waals surface area (Å²) in [6, 6.07) is 5.65. The Bertz CT molecular complexity index is 941. The van der Waals surface area contributed by atoms with Gasteiger partial charge in [-0.1, -0.05) is 6.07 Å². The molecule has 7 nitrogen and oxygen atoms in total. The highest BCUT2D eigenvalue weighted by Gasteiger charge is 2.26. The predicted octanol–water partition coefficient (Wildman–Crippen LogP) is 3.98. The number of fused-ring (bicyclic) bond motifs is 1. The van der Waals surface area contributed by atoms with Gasteiger partial charge in [-0.2, -0.15) is 0 Å². The first-order valence-electron chi connectivity index (χ1n) is 11.0. The minimum absolute atomic E-state index is 0.105. The summed E-state index contributed by atoms with van der Waals surface area (Å²) in [6.45, 7) is 1.14. The topological polar surface area (TPSA) is 85.9 Å². The van der Waals surface area contributed by atoms with Gasteiger partial charge in [-0.15, -0.1) is 11.3 Å². The number of rotatable bonds is 11. The van der Waals surface area contributed by atoms with Crippen molar-refractivity contribution in [1.82, 2.24) is 5.32 Å². The van der Waals surface area contributed by atoms with Crippen LogP contribution in [0, 0.1) is 0 Å². The Morgan fingerprint density at radius 1 is 1.06 bits per heavy atom. The van der Waals surface area contributed by atoms with Gasteiger partial charge in [0.2, 0.25) is 5.91 Å². The van der Waals surface area contributed by atoms with Gasteiger partial charge in [-0.25, -0.2) is 0 Å². The third kappa shape index (κ3) is 6.01. The van der Waals surface area contributed by atoms with E-state index in [4.69, 9.17) is 14.2 Å². The molecule has 32 heavy (non-hydrogen) atoms. The van der Waals surface area contributed by atoms with Crippen molar-refractivity contribution in [2.24, 2.45) is 0 Å². The van der Waals surface area contributed by atoms with E-state index in [2.05, 4.69) is 10.6 Å². The molecule has 0 bridgehead atoms. The molecular weight excluding hydrogens is 428 g/mol. The fourth-order valence-electron chi connectivity index (χ4n) is 3.88. The van der Waals surface area contributed by atoms with Crippen molar-refractivity contribution in [3.8, 4) is 11.5 Å². The van der Waals surface area contributed by atoms with Crippen molar-refractivity contribution in [3.63, 3.8) is 0 Å². The smallest absolute Gasteiger partial charge is 0.254 e. The second-order valence-electron chi connectivity index (χ2n) is 7.75. The monoisotopic (exact) mass is 460 g/mol. The molecule has 1 aromatic carbocycles. The number of amides is 2. The Labute approximate surface area is 193 Å². The van der Waals surface area contributed by atoms with E-state index in [0.717, 1.165) is 43.2 Å². The Hall–Kier alpha value is -2.58. The van der Waals surface area contributed by atoms with Gasteiger partial charge in [0.05, 0.1) is 19.8 Å². The van der Waals surface area contributed by atoms with Gasteiger partial charge in [0.25, 0.3) is 5.91 Å². The lowest BCUT2D eigenvalue weighted by molar-refractivity contribution is -0.116. The fraction of sp³-hybridized carbons (Fsp3) is 0.500. The second kappa shape index (κ2) is 11.9. The molecule has 2 aromatic rings. The normalized spacial score (nSPS) is 12.7. The fourth-order valence-corrected chi connectivity index (χ4v) is 5.19. The zero-order valence-electron chi connectivity index (χ0n) is 19.0. The van der Waals surface area contributed by atoms with E-state index in [9.17, 15) is 9.59 Å². The number of thiophene rings is 1. The van der Waals surface area contributed by atoms with Crippen molar-refractivity contribution < 1.29 is 23.8 Å². The molecule has 0 unspecified atom stereocenters. The lowest BCUT2D eigenvalue weighted by Crippen LogP contribution is -2.27. The van der Waals surface area contributed by atoms with Crippen molar-refractivity contribution in [3.05, 3.63) is 39.8 Å². The van der Waals surface area contributed by atoms with E-state index in [0.29, 0.717) is 48.1 Å². The van der Waals surface area contributed by atoms with Crippen LogP contribution in [-0.2, 0) is 28.8 Å². The molecule has 0 spiro atoms. The minimum atomic E-state index is -0.115. The van der Waals surface area contributed by atoms with E-state index in [1.54, 1.807) is 32.7 Å². The summed E-state index contributed by atoms with van der Waals surface area (Å²) >= 11 is 1.54. The molecule has 0 saturated carbocycles. The van der Waals surface area contributed by atoms with Gasteiger partial charge in [0, 0.05) is 31.6 Å². The zero-order chi connectivity index (χ0) is 22.9. The van der Waals surface area contributed by atoms with E-state index in [1.807, 2.05) is 18.2 Å². The van der Waals surface area contributed by atoms with E-state index < -0.39 is 0 Å². The molecule has 0 radical (unpaired) electrons. The Morgan fingerprint density at radius 2 is 1.84 bits per heavy atom. The van der Waals surface area contributed by atoms with Crippen LogP contribution in [0.4, 0.5) is 5.00 Å². The van der Waals surface area contributed by atoms with Gasteiger partial charge in [0.1, 0.15) is 5.00 Å². The van der Waals surface area contributed by atoms with E-state index >= 15 is 0 Å². The third-order valence-corrected chi connectivity index (χ3v) is 6.76. The average molecular weight is 461 g/mol. The highest BCUT2D eigenvalue weighted by Crippen LogP contribution is 2.38. The Kier molecular flexibility index (Phi) is 8.93. The molecule has 3 rings (SSSR count). The van der Waals surface area contributed by atoms with Crippen LogP contribution < -0.4 is 20.1 Å². The number of carbonyl (C=O) groups excluding carboxylic acids is 2. The molecule has 8 heteroatoms. The van der Waals surface area contributed by atoms with Gasteiger partial charge in [0.15, 0.2) is 11.5 Å². The highest BCUT2D eigenvalue weighted by molar-refractivity contribution is 7.17. The summed E-state index contributed by atoms with van der Waals surface area (Å²) < 4.78 is 15.7. The van der Waals surface area contributed by atoms with Crippen LogP contribution in [0.1, 0.15) is 52.0 Å². The van der Waals surface area contributed by atoms with Gasteiger partial charge in [-0.05, 0) is 61.8 Å². The van der Waals surface area contributed by atoms with Crippen molar-refractivity contribution in [2.75, 3.05) is 39.8 Å². The summed E-state index contributed by atoms with van der Waals surface area (Å²) in [7, 11) is 4.83. The molecule has 1 heterocycles. The number of methoxy groups -OCH3 is 3. The molecule has 1 aromatic heterocycles. The summed E-state index contributed by atoms with van der Waals surface area (Å²) in [6.07, 6.45) is 5.67. The molecular formula is C24H32N2O5S. The van der Waals surface area contributed by atoms with Crippen LogP contribution in [0.3, 0.4) is 0 Å². The lowest BCUT2D eigenvalue weighted by Gasteiger charge is -2.13. The number of benzene rings is 1. The maximum atomic E-state index is 12.9. The molecule has 2 amide bonds. The van der Waals surface area contributed by atoms with Crippen molar-refractivity contribution in [2.45, 2.75) is 44.9 Å². The molecule has 174 valence electrons. The quantitative estimate of drug-likeness (QED) is 0.496. The minimum Gasteiger partial charge on any atom is -0.493 e. The standard InChI is InChI=1S/C24H32N2O5S/c1-29-14-6-13-25-23(28)22-17-7-4-5-8-20(17)32-24(22)26-21(27)12-10-16-9-11-18(30-2)19(15-16)31-3/h9,11,15H,4-8,10,12-14H2,1-3H3,(H,25,28)(H,26,27). The number of nitrogens with one attached hydrogen (secondary N) is 2. The molecule has 0 aliphatic heterocycles. The average Bonchev–Trinajstić information content (AvgIpc) is 3.17. The van der Waals surface area contributed by atoms with Crippen molar-refractivity contribution >= 4 is 28.2 Å². The number of aryl methyl sites for hydroxylation is 2. The molecule has 0 saturated heterocycles. The maximum absolute atomic E-state index is 12.9. The summed E-state index contributed by atoms with van der Waals surface area (Å²) in [5, 5.41) is 6.65. The largest absolute Gasteiger partial charge is 0.493 e. The Morgan fingerprint density at radius 3 is 2.59 bits per heavy atom. The second-order valence-corrected chi connectivity index (χ2v) is 8.86. The molecule has 0 fully saturated rings. The number of anilines is 1. The van der Waals surface area contributed by atoms with Crippen LogP contribution in [-0.4, -0.2) is 46.3 Å². The summed E-state index contributed by atoms with van der Waals surface area (Å²) in [4.78, 5) is 26.9. The Balaban J connectivity index is 1.67. The highest BCUT2D eigenvalue weighted by atomic mass is 32.1. The van der Waals surface area contributed by atoms with Gasteiger partial charge >= 0.3 is 0 Å². The van der Waals surface area contributed by atoms with Crippen molar-refractivity contribution in [1.29, 1.82) is 0 Å². The van der Waals surface area contributed by atoms with Crippen LogP contribution in [0.25, 0.3) is 0 Å². The molecule has 0 atom stereocenters. The van der Waals surface area contributed by atoms with E-state index in [1.165, 1.54) is 4.88 Å². The van der Waals surface area contributed by atoms with Gasteiger partial charge in [-0.3, -0.25) is 9.59 Å². The molecule has 1 aliphatic rings. The summed E-state index contributed by atoms with van der Waals surface area (Å²) in [5.74, 6) is 1.08. The third-order valence-electron chi connectivity index (χ3n) is 5.55. The SMILES string of the molecule is COCCCNC(=O)c1c(NC(=O)CCc2ccc(OC)c(OC)c2)sc2c1CCCC2. The maximum Gasteiger partial charge on any atom is 0.254 e. The lowest BCUT2D eigenvalue weighted by atomic mass is 9.95.